The van der Waals surface area contributed by atoms with Crippen molar-refractivity contribution < 1.29 is 95.7 Å². The Morgan fingerprint density at radius 2 is 0.935 bits per heavy atom. The SMILES string of the molecule is C#CC#CC#CC#CC.COC(=O)[C@@H](N)Cc1cnc[nH]1.COCCCOCN(CCOCCOC)[C@@H](Cc1cnc[nH]1)C(=O)O.COCCCOCN(CCOCCOC)[C@@H](Cc1cnc[nH]1)C(=O)OC.COCCOCC=O.COCCOCCO.Cl.Cl.S.S. The van der Waals surface area contributed by atoms with Crippen LogP contribution in [-0.4, -0.2) is 288 Å². The molecule has 3 rings (SSSR count). The summed E-state index contributed by atoms with van der Waals surface area (Å²) in [5, 5.41) is 17.8. The van der Waals surface area contributed by atoms with Crippen LogP contribution in [0, 0.1) is 47.9 Å². The molecule has 0 fully saturated rings. The number of H-pyrrole nitrogens is 3. The second-order valence-electron chi connectivity index (χ2n) is 17.1. The average Bonchev–Trinajstić information content (AvgIpc) is 2.57. The number of carbonyl (C=O) groups excluding carboxylic acids is 3. The Hall–Kier alpha value is -5.41. The van der Waals surface area contributed by atoms with Crippen LogP contribution >= 0.6 is 51.8 Å². The van der Waals surface area contributed by atoms with Crippen LogP contribution in [0.4, 0.5) is 0 Å². The third-order valence-electron chi connectivity index (χ3n) is 10.5. The molecule has 29 nitrogen and oxygen atoms in total. The van der Waals surface area contributed by atoms with Crippen molar-refractivity contribution in [2.24, 2.45) is 5.73 Å². The highest BCUT2D eigenvalue weighted by Crippen LogP contribution is 2.11. The molecule has 3 aromatic heterocycles. The zero-order valence-electron chi connectivity index (χ0n) is 54.6. The smallest absolute Gasteiger partial charge is 0.323 e. The number of aromatic amines is 3. The lowest BCUT2D eigenvalue weighted by Crippen LogP contribution is -2.46. The maximum Gasteiger partial charge on any atom is 0.323 e. The van der Waals surface area contributed by atoms with Crippen LogP contribution in [0.3, 0.4) is 0 Å². The number of halogens is 2. The van der Waals surface area contributed by atoms with E-state index in [0.29, 0.717) is 138 Å². The van der Waals surface area contributed by atoms with Gasteiger partial charge in [0.05, 0.1) is 139 Å². The number of aliphatic hydroxyl groups excluding tert-OH is 1. The van der Waals surface area contributed by atoms with E-state index in [4.69, 9.17) is 69.4 Å². The van der Waals surface area contributed by atoms with Crippen LogP contribution in [0.25, 0.3) is 0 Å². The predicted molar refractivity (Wildman–Crippen MR) is 359 cm³/mol. The Balaban J connectivity index is -0.000000201. The van der Waals surface area contributed by atoms with Crippen molar-refractivity contribution in [3.05, 3.63) is 54.7 Å². The largest absolute Gasteiger partial charge is 0.480 e. The Morgan fingerprint density at radius 3 is 1.30 bits per heavy atom. The zero-order valence-corrected chi connectivity index (χ0v) is 58.2. The summed E-state index contributed by atoms with van der Waals surface area (Å²) < 4.78 is 70.5. The summed E-state index contributed by atoms with van der Waals surface area (Å²) in [7, 11) is 12.4. The molecule has 0 spiro atoms. The molecular formula is C59H103Cl2N9O20S2. The molecule has 0 aromatic carbocycles. The van der Waals surface area contributed by atoms with Crippen molar-refractivity contribution in [3.8, 4) is 47.9 Å². The number of esters is 2. The van der Waals surface area contributed by atoms with E-state index in [1.807, 2.05) is 4.90 Å². The van der Waals surface area contributed by atoms with Gasteiger partial charge in [0, 0.05) is 124 Å². The molecular weight excluding hydrogens is 1290 g/mol. The van der Waals surface area contributed by atoms with Crippen molar-refractivity contribution in [1.29, 1.82) is 0 Å². The van der Waals surface area contributed by atoms with E-state index in [-0.39, 0.29) is 77.7 Å². The van der Waals surface area contributed by atoms with Crippen LogP contribution in [0.15, 0.2) is 37.6 Å². The van der Waals surface area contributed by atoms with E-state index >= 15 is 0 Å². The fourth-order valence-corrected chi connectivity index (χ4v) is 6.17. The first-order valence-corrected chi connectivity index (χ1v) is 27.8. The zero-order chi connectivity index (χ0) is 65.8. The Labute approximate surface area is 569 Å². The van der Waals surface area contributed by atoms with Gasteiger partial charge in [0.2, 0.25) is 0 Å². The monoisotopic (exact) mass is 1390 g/mol. The first kappa shape index (κ1) is 100. The lowest BCUT2D eigenvalue weighted by molar-refractivity contribution is -0.150. The fraction of sp³-hybridized carbons (Fsp3) is 0.644. The van der Waals surface area contributed by atoms with Crippen molar-refractivity contribution in [2.75, 3.05) is 196 Å². The number of aldehydes is 1. The number of aromatic nitrogens is 6. The average molecular weight is 1390 g/mol. The molecule has 3 aromatic rings. The van der Waals surface area contributed by atoms with E-state index < -0.39 is 30.1 Å². The van der Waals surface area contributed by atoms with Gasteiger partial charge in [-0.3, -0.25) is 24.2 Å². The summed E-state index contributed by atoms with van der Waals surface area (Å²) in [6.45, 7) is 11.2. The molecule has 0 saturated heterocycles. The van der Waals surface area contributed by atoms with Crippen LogP contribution in [-0.2, 0) is 105 Å². The van der Waals surface area contributed by atoms with Gasteiger partial charge in [0.25, 0.3) is 0 Å². The number of rotatable bonds is 45. The lowest BCUT2D eigenvalue weighted by atomic mass is 10.1. The lowest BCUT2D eigenvalue weighted by Gasteiger charge is -2.29. The highest BCUT2D eigenvalue weighted by molar-refractivity contribution is 7.59. The van der Waals surface area contributed by atoms with E-state index in [2.05, 4.69) is 85.6 Å². The third-order valence-corrected chi connectivity index (χ3v) is 10.5. The number of carboxylic acids is 1. The van der Waals surface area contributed by atoms with E-state index in [1.165, 1.54) is 20.5 Å². The molecule has 0 aliphatic rings. The van der Waals surface area contributed by atoms with Gasteiger partial charge >= 0.3 is 17.9 Å². The quantitative estimate of drug-likeness (QED) is 0.0154. The topological polar surface area (TPSA) is 357 Å². The van der Waals surface area contributed by atoms with Crippen molar-refractivity contribution in [2.45, 2.75) is 57.2 Å². The second kappa shape index (κ2) is 79.8. The van der Waals surface area contributed by atoms with E-state index in [1.54, 1.807) is 85.7 Å². The molecule has 530 valence electrons. The molecule has 0 aliphatic carbocycles. The molecule has 0 saturated carbocycles. The molecule has 3 heterocycles. The predicted octanol–water partition coefficient (Wildman–Crippen LogP) is 1.51. The molecule has 0 aliphatic heterocycles. The summed E-state index contributed by atoms with van der Waals surface area (Å²) in [5.74, 6) is 15.3. The van der Waals surface area contributed by atoms with Gasteiger partial charge in [-0.25, -0.2) is 15.0 Å². The molecule has 0 unspecified atom stereocenters. The van der Waals surface area contributed by atoms with Gasteiger partial charge in [0.1, 0.15) is 31.0 Å². The minimum atomic E-state index is -0.910. The van der Waals surface area contributed by atoms with Gasteiger partial charge in [-0.2, -0.15) is 27.0 Å². The molecule has 0 radical (unpaired) electrons. The molecule has 3 atom stereocenters. The van der Waals surface area contributed by atoms with Crippen LogP contribution in [0.2, 0.25) is 0 Å². The summed E-state index contributed by atoms with van der Waals surface area (Å²) in [4.78, 5) is 68.7. The highest BCUT2D eigenvalue weighted by Gasteiger charge is 2.28. The second-order valence-corrected chi connectivity index (χ2v) is 17.1. The number of aliphatic hydroxyl groups is 1. The van der Waals surface area contributed by atoms with Crippen LogP contribution in [0.1, 0.15) is 36.8 Å². The number of hydrogen-bond acceptors (Lipinski definition) is 25. The minimum absolute atomic E-state index is 0. The molecule has 0 bridgehead atoms. The van der Waals surface area contributed by atoms with Gasteiger partial charge in [-0.1, -0.05) is 5.92 Å². The fourth-order valence-electron chi connectivity index (χ4n) is 6.17. The minimum Gasteiger partial charge on any atom is -0.480 e. The van der Waals surface area contributed by atoms with Gasteiger partial charge in [-0.15, -0.1) is 31.2 Å². The summed E-state index contributed by atoms with van der Waals surface area (Å²) in [6.07, 6.45) is 17.9. The number of aliphatic carboxylic acids is 1. The van der Waals surface area contributed by atoms with Crippen molar-refractivity contribution in [3.63, 3.8) is 0 Å². The number of methoxy groups -OCH3 is 8. The highest BCUT2D eigenvalue weighted by atomic mass is 35.5. The molecule has 92 heavy (non-hydrogen) atoms. The third kappa shape index (κ3) is 64.7. The number of nitrogens with zero attached hydrogens (tertiary/aromatic N) is 5. The number of imidazole rings is 3. The van der Waals surface area contributed by atoms with Crippen molar-refractivity contribution >= 4 is 76.0 Å². The summed E-state index contributed by atoms with van der Waals surface area (Å²) in [6, 6.07) is -1.83. The Bertz CT molecular complexity index is 2250. The maximum atomic E-state index is 12.3. The van der Waals surface area contributed by atoms with Crippen LogP contribution in [0.5, 0.6) is 0 Å². The summed E-state index contributed by atoms with van der Waals surface area (Å²) >= 11 is 0. The number of terminal acetylenes is 1. The van der Waals surface area contributed by atoms with E-state index in [9.17, 15) is 24.3 Å². The number of nitrogens with one attached hydrogen (secondary N) is 3. The first-order chi connectivity index (χ1) is 42.9. The molecule has 33 heteroatoms. The van der Waals surface area contributed by atoms with Gasteiger partial charge < -0.3 is 102 Å². The maximum absolute atomic E-state index is 12.3. The normalized spacial score (nSPS) is 10.6. The number of hydrogen-bond donors (Lipinski definition) is 6. The van der Waals surface area contributed by atoms with Crippen LogP contribution < -0.4 is 5.73 Å². The molecule has 0 amide bonds. The Morgan fingerprint density at radius 1 is 0.543 bits per heavy atom. The van der Waals surface area contributed by atoms with E-state index in [0.717, 1.165) is 36.2 Å². The van der Waals surface area contributed by atoms with Gasteiger partial charge in [0.15, 0.2) is 0 Å². The standard InChI is InChI=1S/C17H31N3O6.C16H29N3O6.C9H4.C7H11N3O2.C5H12O3.C5H10O3.2ClH.2H2S/c1-22-6-4-7-26-14-20(5-8-25-10-9-23-2)16(17(21)24-3)11-15-12-18-13-19-15;1-22-5-3-6-25-13-19(4-7-24-9-8-23-2)15(16(20)21)10-14-11-17-12-18-14;1-3-5-7-9-8-6-4-2;1-12-7(11)6(8)2-5-3-9-4-10-5;2*1-7-4-5-8-3-2-6;;;;/h12-13,16H,4-11,14H2,1-3H3,(H,18,19);11-12,15H,3-10,13H2,1-2H3,(H,17,18)(H,20,21);1H,2H3;3-4,6H,2,8H2,1H3,(H,9,10);6H,2-5H2,1H3;2H,3-5H2,1H3;2*1H;2*1H2/t16-;15-;;6-;;;;;;/m00.0....../s1. The number of carboxylic acid groups (broad SMARTS) is 1. The number of nitrogens with two attached hydrogens (primary N) is 1. The van der Waals surface area contributed by atoms with Crippen molar-refractivity contribution in [1.82, 2.24) is 39.7 Å². The Kier molecular flexibility index (Phi) is 86.9. The first-order valence-electron chi connectivity index (χ1n) is 27.8. The molecule has 7 N–H and O–H groups in total. The number of ether oxygens (including phenoxy) is 14. The van der Waals surface area contributed by atoms with Gasteiger partial charge in [-0.05, 0) is 55.3 Å². The number of carbonyl (C=O) groups is 4. The summed E-state index contributed by atoms with van der Waals surface area (Å²) in [5.41, 5.74) is 7.94.